The van der Waals surface area contributed by atoms with Crippen molar-refractivity contribution < 1.29 is 28.2 Å². The van der Waals surface area contributed by atoms with Gasteiger partial charge in [0.25, 0.3) is 15.6 Å². The van der Waals surface area contributed by atoms with Gasteiger partial charge < -0.3 is 15.2 Å². The summed E-state index contributed by atoms with van der Waals surface area (Å²) in [7, 11) is -4.68. The second kappa shape index (κ2) is 5.66. The van der Waals surface area contributed by atoms with Crippen molar-refractivity contribution in [2.24, 2.45) is 0 Å². The van der Waals surface area contributed by atoms with Crippen LogP contribution in [0.2, 0.25) is 0 Å². The maximum absolute atomic E-state index is 12.0. The second-order valence-corrected chi connectivity index (χ2v) is 5.40. The molecule has 11 nitrogen and oxygen atoms in total. The van der Waals surface area contributed by atoms with Crippen LogP contribution in [-0.2, 0) is 19.6 Å². The van der Waals surface area contributed by atoms with E-state index in [9.17, 15) is 27.6 Å². The van der Waals surface area contributed by atoms with Crippen LogP contribution in [0.25, 0.3) is 0 Å². The molecule has 0 saturated heterocycles. The Morgan fingerprint density at radius 3 is 2.05 bits per heavy atom. The number of carboxylic acids is 2. The van der Waals surface area contributed by atoms with E-state index in [0.717, 1.165) is 0 Å². The molecule has 0 aliphatic rings. The molecule has 1 heterocycles. The SMILES string of the molecule is O=C(O)CN(CC(=O)O)S(=O)(=O)c1c[nH]c(=O)[nH]c1=O. The van der Waals surface area contributed by atoms with Gasteiger partial charge in [0.2, 0.25) is 0 Å². The average Bonchev–Trinajstić information content (AvgIpc) is 2.26. The van der Waals surface area contributed by atoms with Crippen molar-refractivity contribution in [3.8, 4) is 0 Å². The largest absolute Gasteiger partial charge is 0.480 e. The Morgan fingerprint density at radius 2 is 1.65 bits per heavy atom. The molecule has 0 unspecified atom stereocenters. The van der Waals surface area contributed by atoms with Crippen molar-refractivity contribution in [2.45, 2.75) is 4.90 Å². The van der Waals surface area contributed by atoms with Crippen molar-refractivity contribution in [3.05, 3.63) is 27.0 Å². The summed E-state index contributed by atoms with van der Waals surface area (Å²) in [4.78, 5) is 45.9. The van der Waals surface area contributed by atoms with Gasteiger partial charge in [0.15, 0.2) is 4.90 Å². The normalized spacial score (nSPS) is 11.4. The first-order valence-electron chi connectivity index (χ1n) is 4.90. The summed E-state index contributed by atoms with van der Waals surface area (Å²) in [5, 5.41) is 17.2. The highest BCUT2D eigenvalue weighted by Crippen LogP contribution is 2.09. The fourth-order valence-corrected chi connectivity index (χ4v) is 2.59. The molecule has 0 aliphatic carbocycles. The molecule has 1 aromatic heterocycles. The predicted octanol–water partition coefficient (Wildman–Crippen LogP) is -2.78. The van der Waals surface area contributed by atoms with E-state index < -0.39 is 51.2 Å². The Bertz CT molecular complexity index is 729. The van der Waals surface area contributed by atoms with Crippen molar-refractivity contribution >= 4 is 22.0 Å². The number of H-pyrrole nitrogens is 2. The lowest BCUT2D eigenvalue weighted by Crippen LogP contribution is -2.42. The van der Waals surface area contributed by atoms with E-state index in [1.54, 1.807) is 4.98 Å². The lowest BCUT2D eigenvalue weighted by Gasteiger charge is -2.17. The Hall–Kier alpha value is -2.47. The van der Waals surface area contributed by atoms with E-state index in [1.165, 1.54) is 0 Å². The number of aromatic nitrogens is 2. The summed E-state index contributed by atoms with van der Waals surface area (Å²) in [5.74, 6) is -3.20. The molecule has 1 aromatic rings. The summed E-state index contributed by atoms with van der Waals surface area (Å²) in [6.07, 6.45) is 0.563. The van der Waals surface area contributed by atoms with E-state index in [-0.39, 0.29) is 4.31 Å². The molecule has 0 amide bonds. The van der Waals surface area contributed by atoms with Gasteiger partial charge in [-0.05, 0) is 0 Å². The molecule has 0 radical (unpaired) electrons. The van der Waals surface area contributed by atoms with Crippen molar-refractivity contribution in [2.75, 3.05) is 13.1 Å². The lowest BCUT2D eigenvalue weighted by molar-refractivity contribution is -0.139. The zero-order valence-corrected chi connectivity index (χ0v) is 10.5. The Kier molecular flexibility index (Phi) is 4.41. The smallest absolute Gasteiger partial charge is 0.325 e. The van der Waals surface area contributed by atoms with Gasteiger partial charge in [-0.15, -0.1) is 0 Å². The molecule has 110 valence electrons. The molecule has 12 heteroatoms. The van der Waals surface area contributed by atoms with Crippen molar-refractivity contribution in [1.29, 1.82) is 0 Å². The summed E-state index contributed by atoms with van der Waals surface area (Å²) < 4.78 is 24.1. The Morgan fingerprint density at radius 1 is 1.15 bits per heavy atom. The zero-order chi connectivity index (χ0) is 15.5. The van der Waals surface area contributed by atoms with Gasteiger partial charge in [-0.2, -0.15) is 4.31 Å². The molecular formula is C8H9N3O8S. The molecule has 4 N–H and O–H groups in total. The number of sulfonamides is 1. The van der Waals surface area contributed by atoms with Crippen LogP contribution in [0.1, 0.15) is 0 Å². The number of carboxylic acid groups (broad SMARTS) is 2. The topological polar surface area (TPSA) is 178 Å². The maximum atomic E-state index is 12.0. The summed E-state index contributed by atoms with van der Waals surface area (Å²) in [6, 6.07) is 0. The zero-order valence-electron chi connectivity index (χ0n) is 9.69. The summed E-state index contributed by atoms with van der Waals surface area (Å²) in [6.45, 7) is -2.29. The number of carbonyl (C=O) groups is 2. The highest BCUT2D eigenvalue weighted by atomic mass is 32.2. The minimum atomic E-state index is -4.68. The predicted molar refractivity (Wildman–Crippen MR) is 61.7 cm³/mol. The third-order valence-corrected chi connectivity index (χ3v) is 3.82. The quantitative estimate of drug-likeness (QED) is 0.436. The molecule has 0 aliphatic heterocycles. The molecule has 1 rings (SSSR count). The maximum Gasteiger partial charge on any atom is 0.325 e. The van der Waals surface area contributed by atoms with Crippen LogP contribution in [0.15, 0.2) is 20.7 Å². The molecule has 0 saturated carbocycles. The highest BCUT2D eigenvalue weighted by Gasteiger charge is 2.31. The van der Waals surface area contributed by atoms with Crippen LogP contribution >= 0.6 is 0 Å². The summed E-state index contributed by atoms with van der Waals surface area (Å²) in [5.41, 5.74) is -2.24. The fourth-order valence-electron chi connectivity index (χ4n) is 1.26. The number of nitrogens with zero attached hydrogens (tertiary/aromatic N) is 1. The van der Waals surface area contributed by atoms with Gasteiger partial charge in [0.1, 0.15) is 13.1 Å². The van der Waals surface area contributed by atoms with Crippen LogP contribution in [-0.4, -0.2) is 57.9 Å². The molecule has 20 heavy (non-hydrogen) atoms. The number of aliphatic carboxylic acids is 2. The van der Waals surface area contributed by atoms with Gasteiger partial charge in [0, 0.05) is 6.20 Å². The number of hydrogen-bond donors (Lipinski definition) is 4. The molecule has 0 bridgehead atoms. The monoisotopic (exact) mass is 307 g/mol. The molecular weight excluding hydrogens is 298 g/mol. The van der Waals surface area contributed by atoms with Crippen LogP contribution in [0, 0.1) is 0 Å². The van der Waals surface area contributed by atoms with Crippen LogP contribution < -0.4 is 11.2 Å². The first kappa shape index (κ1) is 15.6. The Balaban J connectivity index is 3.35. The molecule has 0 spiro atoms. The molecule has 0 fully saturated rings. The summed E-state index contributed by atoms with van der Waals surface area (Å²) >= 11 is 0. The lowest BCUT2D eigenvalue weighted by atomic mass is 10.6. The minimum Gasteiger partial charge on any atom is -0.480 e. The Labute approximate surface area is 110 Å². The first-order valence-corrected chi connectivity index (χ1v) is 6.34. The van der Waals surface area contributed by atoms with Crippen molar-refractivity contribution in [1.82, 2.24) is 14.3 Å². The molecule has 0 aromatic carbocycles. The van der Waals surface area contributed by atoms with Gasteiger partial charge >= 0.3 is 17.6 Å². The van der Waals surface area contributed by atoms with Gasteiger partial charge in [-0.1, -0.05) is 0 Å². The van der Waals surface area contributed by atoms with Gasteiger partial charge in [-0.3, -0.25) is 19.4 Å². The average molecular weight is 307 g/mol. The second-order valence-electron chi connectivity index (χ2n) is 3.50. The van der Waals surface area contributed by atoms with Crippen LogP contribution in [0.3, 0.4) is 0 Å². The number of nitrogens with one attached hydrogen (secondary N) is 2. The van der Waals surface area contributed by atoms with Crippen LogP contribution in [0.5, 0.6) is 0 Å². The highest BCUT2D eigenvalue weighted by molar-refractivity contribution is 7.89. The first-order chi connectivity index (χ1) is 9.14. The van der Waals surface area contributed by atoms with Gasteiger partial charge in [0.05, 0.1) is 0 Å². The van der Waals surface area contributed by atoms with Crippen LogP contribution in [0.4, 0.5) is 0 Å². The van der Waals surface area contributed by atoms with E-state index in [4.69, 9.17) is 10.2 Å². The van der Waals surface area contributed by atoms with E-state index in [0.29, 0.717) is 6.20 Å². The van der Waals surface area contributed by atoms with E-state index in [2.05, 4.69) is 0 Å². The minimum absolute atomic E-state index is 0.0839. The van der Waals surface area contributed by atoms with E-state index >= 15 is 0 Å². The third kappa shape index (κ3) is 3.52. The number of hydrogen-bond acceptors (Lipinski definition) is 6. The standard InChI is InChI=1S/C8H9N3O8S/c12-5(13)2-11(3-6(14)15)20(18,19)4-1-9-8(17)10-7(4)16/h1H,2-3H2,(H,12,13)(H,14,15)(H2,9,10,16,17). The number of rotatable bonds is 6. The third-order valence-electron chi connectivity index (χ3n) is 2.03. The van der Waals surface area contributed by atoms with Gasteiger partial charge in [-0.25, -0.2) is 13.2 Å². The number of aromatic amines is 2. The van der Waals surface area contributed by atoms with Crippen molar-refractivity contribution in [3.63, 3.8) is 0 Å². The van der Waals surface area contributed by atoms with E-state index in [1.807, 2.05) is 4.98 Å². The fraction of sp³-hybridized carbons (Fsp3) is 0.250. The molecule has 0 atom stereocenters.